The monoisotopic (exact) mass is 142 g/mol. The minimum atomic E-state index is 0.466. The number of ether oxygens (including phenoxy) is 1. The number of rotatable bonds is 1. The minimum absolute atomic E-state index is 0.466. The highest BCUT2D eigenvalue weighted by atomic mass is 16.5. The Labute approximate surface area is 60.9 Å². The second kappa shape index (κ2) is 2.49. The van der Waals surface area contributed by atoms with Crippen molar-refractivity contribution in [1.29, 1.82) is 0 Å². The summed E-state index contributed by atoms with van der Waals surface area (Å²) in [6, 6.07) is 1.11. The van der Waals surface area contributed by atoms with E-state index in [2.05, 4.69) is 5.32 Å². The highest BCUT2D eigenvalue weighted by molar-refractivity contribution is 4.94. The van der Waals surface area contributed by atoms with Crippen molar-refractivity contribution in [3.8, 4) is 0 Å². The third-order valence-corrected chi connectivity index (χ3v) is 2.46. The van der Waals surface area contributed by atoms with Crippen LogP contribution in [0.15, 0.2) is 0 Å². The molecule has 0 saturated carbocycles. The molecule has 58 valence electrons. The first-order chi connectivity index (χ1) is 4.90. The van der Waals surface area contributed by atoms with Gasteiger partial charge >= 0.3 is 0 Å². The van der Waals surface area contributed by atoms with E-state index in [1.807, 2.05) is 0 Å². The van der Waals surface area contributed by atoms with Gasteiger partial charge in [0, 0.05) is 25.2 Å². The molecule has 3 N–H and O–H groups in total. The number of fused-ring (bicyclic) bond motifs is 1. The van der Waals surface area contributed by atoms with E-state index in [1.54, 1.807) is 0 Å². The molecule has 3 heteroatoms. The Balaban J connectivity index is 1.94. The summed E-state index contributed by atoms with van der Waals surface area (Å²) in [4.78, 5) is 0. The van der Waals surface area contributed by atoms with Crippen molar-refractivity contribution in [2.45, 2.75) is 31.0 Å². The molecule has 0 bridgehead atoms. The quantitative estimate of drug-likeness (QED) is 0.517. The molecule has 2 aliphatic heterocycles. The van der Waals surface area contributed by atoms with Crippen LogP contribution in [0.5, 0.6) is 0 Å². The largest absolute Gasteiger partial charge is 0.376 e. The lowest BCUT2D eigenvalue weighted by molar-refractivity contribution is 0.110. The predicted molar refractivity (Wildman–Crippen MR) is 38.7 cm³/mol. The molecule has 0 radical (unpaired) electrons. The lowest BCUT2D eigenvalue weighted by Crippen LogP contribution is -2.35. The van der Waals surface area contributed by atoms with Crippen molar-refractivity contribution in [2.75, 3.05) is 13.2 Å². The summed E-state index contributed by atoms with van der Waals surface area (Å²) in [6.45, 7) is 1.68. The van der Waals surface area contributed by atoms with Crippen LogP contribution in [0.25, 0.3) is 0 Å². The van der Waals surface area contributed by atoms with Crippen LogP contribution in [0, 0.1) is 0 Å². The van der Waals surface area contributed by atoms with E-state index in [0.29, 0.717) is 18.2 Å². The molecule has 2 heterocycles. The van der Waals surface area contributed by atoms with Gasteiger partial charge in [0.2, 0.25) is 0 Å². The van der Waals surface area contributed by atoms with Crippen molar-refractivity contribution in [3.05, 3.63) is 0 Å². The maximum Gasteiger partial charge on any atom is 0.0744 e. The average Bonchev–Trinajstić information content (AvgIpc) is 2.42. The molecular formula is C7H14N2O. The lowest BCUT2D eigenvalue weighted by Gasteiger charge is -2.07. The molecule has 3 unspecified atom stereocenters. The second-order valence-electron chi connectivity index (χ2n) is 3.14. The summed E-state index contributed by atoms with van der Waals surface area (Å²) < 4.78 is 5.49. The minimum Gasteiger partial charge on any atom is -0.376 e. The Bertz CT molecular complexity index is 117. The van der Waals surface area contributed by atoms with Gasteiger partial charge in [0.1, 0.15) is 0 Å². The summed E-state index contributed by atoms with van der Waals surface area (Å²) in [5.74, 6) is 0. The third-order valence-electron chi connectivity index (χ3n) is 2.46. The van der Waals surface area contributed by atoms with Gasteiger partial charge in [-0.1, -0.05) is 0 Å². The Morgan fingerprint density at radius 1 is 1.60 bits per heavy atom. The van der Waals surface area contributed by atoms with Gasteiger partial charge in [0.05, 0.1) is 6.10 Å². The van der Waals surface area contributed by atoms with Crippen LogP contribution in [0.4, 0.5) is 0 Å². The second-order valence-corrected chi connectivity index (χ2v) is 3.14. The highest BCUT2D eigenvalue weighted by Crippen LogP contribution is 2.24. The van der Waals surface area contributed by atoms with E-state index in [-0.39, 0.29) is 0 Å². The van der Waals surface area contributed by atoms with Gasteiger partial charge in [-0.15, -0.1) is 0 Å². The average molecular weight is 142 g/mol. The van der Waals surface area contributed by atoms with Gasteiger partial charge in [-0.3, -0.25) is 0 Å². The number of nitrogens with one attached hydrogen (secondary N) is 1. The fourth-order valence-corrected chi connectivity index (χ4v) is 1.89. The van der Waals surface area contributed by atoms with Crippen molar-refractivity contribution in [2.24, 2.45) is 5.73 Å². The van der Waals surface area contributed by atoms with E-state index in [1.165, 1.54) is 6.42 Å². The first kappa shape index (κ1) is 6.58. The van der Waals surface area contributed by atoms with Crippen LogP contribution in [-0.4, -0.2) is 31.3 Å². The zero-order valence-electron chi connectivity index (χ0n) is 6.05. The predicted octanol–water partition coefficient (Wildman–Crippen LogP) is -0.536. The summed E-state index contributed by atoms with van der Waals surface area (Å²) >= 11 is 0. The Hall–Kier alpha value is -0.120. The van der Waals surface area contributed by atoms with E-state index < -0.39 is 0 Å². The van der Waals surface area contributed by atoms with Gasteiger partial charge < -0.3 is 15.8 Å². The maximum atomic E-state index is 5.52. The van der Waals surface area contributed by atoms with E-state index in [0.717, 1.165) is 19.6 Å². The van der Waals surface area contributed by atoms with E-state index >= 15 is 0 Å². The molecule has 2 fully saturated rings. The van der Waals surface area contributed by atoms with Crippen LogP contribution in [-0.2, 0) is 4.74 Å². The normalized spacial score (nSPS) is 45.9. The van der Waals surface area contributed by atoms with Gasteiger partial charge in [0.15, 0.2) is 0 Å². The smallest absolute Gasteiger partial charge is 0.0744 e. The maximum absolute atomic E-state index is 5.52. The molecule has 10 heavy (non-hydrogen) atoms. The van der Waals surface area contributed by atoms with Gasteiger partial charge in [-0.2, -0.15) is 0 Å². The van der Waals surface area contributed by atoms with Crippen molar-refractivity contribution < 1.29 is 4.74 Å². The molecule has 0 aromatic heterocycles. The summed E-state index contributed by atoms with van der Waals surface area (Å²) in [6.07, 6.45) is 2.75. The van der Waals surface area contributed by atoms with Crippen LogP contribution in [0.1, 0.15) is 12.8 Å². The fourth-order valence-electron chi connectivity index (χ4n) is 1.89. The first-order valence-electron chi connectivity index (χ1n) is 3.98. The molecule has 0 amide bonds. The van der Waals surface area contributed by atoms with Gasteiger partial charge in [-0.25, -0.2) is 0 Å². The van der Waals surface area contributed by atoms with Crippen molar-refractivity contribution >= 4 is 0 Å². The number of hydrogen-bond acceptors (Lipinski definition) is 3. The first-order valence-corrected chi connectivity index (χ1v) is 3.98. The Morgan fingerprint density at radius 3 is 3.20 bits per heavy atom. The molecule has 2 rings (SSSR count). The fraction of sp³-hybridized carbons (Fsp3) is 1.00. The number of nitrogens with two attached hydrogens (primary N) is 1. The zero-order valence-corrected chi connectivity index (χ0v) is 6.05. The van der Waals surface area contributed by atoms with Crippen LogP contribution in [0.3, 0.4) is 0 Å². The lowest BCUT2D eigenvalue weighted by atomic mass is 10.1. The molecule has 0 aromatic rings. The Kier molecular flexibility index (Phi) is 1.64. The van der Waals surface area contributed by atoms with Crippen LogP contribution >= 0.6 is 0 Å². The molecule has 3 atom stereocenters. The topological polar surface area (TPSA) is 47.3 Å². The summed E-state index contributed by atoms with van der Waals surface area (Å²) in [5, 5.41) is 3.45. The molecule has 2 saturated heterocycles. The SMILES string of the molecule is NCC1CC2OCCC2N1. The van der Waals surface area contributed by atoms with Gasteiger partial charge in [0.25, 0.3) is 0 Å². The van der Waals surface area contributed by atoms with E-state index in [9.17, 15) is 0 Å². The Morgan fingerprint density at radius 2 is 2.50 bits per heavy atom. The molecule has 0 aromatic carbocycles. The number of hydrogen-bond donors (Lipinski definition) is 2. The molecule has 0 aliphatic carbocycles. The van der Waals surface area contributed by atoms with E-state index in [4.69, 9.17) is 10.5 Å². The molecule has 2 aliphatic rings. The van der Waals surface area contributed by atoms with Crippen LogP contribution < -0.4 is 11.1 Å². The zero-order chi connectivity index (χ0) is 6.97. The van der Waals surface area contributed by atoms with Gasteiger partial charge in [-0.05, 0) is 12.8 Å². The standard InChI is InChI=1S/C7H14N2O/c8-4-5-3-7-6(9-5)1-2-10-7/h5-7,9H,1-4,8H2. The highest BCUT2D eigenvalue weighted by Gasteiger charge is 2.36. The molecular weight excluding hydrogens is 128 g/mol. The van der Waals surface area contributed by atoms with Crippen molar-refractivity contribution in [3.63, 3.8) is 0 Å². The van der Waals surface area contributed by atoms with Crippen LogP contribution in [0.2, 0.25) is 0 Å². The van der Waals surface area contributed by atoms with Crippen molar-refractivity contribution in [1.82, 2.24) is 5.32 Å². The molecule has 3 nitrogen and oxygen atoms in total. The summed E-state index contributed by atoms with van der Waals surface area (Å²) in [5.41, 5.74) is 5.52. The summed E-state index contributed by atoms with van der Waals surface area (Å²) in [7, 11) is 0. The third kappa shape index (κ3) is 0.944. The molecule has 0 spiro atoms.